The summed E-state index contributed by atoms with van der Waals surface area (Å²) in [5.74, 6) is 0.670. The van der Waals surface area contributed by atoms with Gasteiger partial charge < -0.3 is 5.32 Å². The number of aromatic nitrogens is 3. The standard InChI is InChI=1S/C13H14N4S.C2H6/c1-3-10-16-12-9(18-10)6-5-8-7-15-13(14-4-2)17-11(8)12;1-2/h5-7H,3-4H2,1-2H3,(H,14,15,17);1-2H3. The third-order valence-electron chi connectivity index (χ3n) is 2.79. The maximum Gasteiger partial charge on any atom is 0.223 e. The van der Waals surface area contributed by atoms with Gasteiger partial charge >= 0.3 is 0 Å². The molecule has 20 heavy (non-hydrogen) atoms. The Balaban J connectivity index is 0.000000704. The van der Waals surface area contributed by atoms with E-state index in [-0.39, 0.29) is 0 Å². The SMILES string of the molecule is CC.CCNc1ncc2ccc3sc(CC)nc3c2n1. The van der Waals surface area contributed by atoms with E-state index in [9.17, 15) is 0 Å². The summed E-state index contributed by atoms with van der Waals surface area (Å²) in [7, 11) is 0. The fourth-order valence-electron chi connectivity index (χ4n) is 1.92. The molecule has 0 unspecified atom stereocenters. The van der Waals surface area contributed by atoms with E-state index in [0.29, 0.717) is 5.95 Å². The van der Waals surface area contributed by atoms with Gasteiger partial charge in [-0.2, -0.15) is 0 Å². The highest BCUT2D eigenvalue weighted by molar-refractivity contribution is 7.18. The quantitative estimate of drug-likeness (QED) is 0.782. The Morgan fingerprint density at radius 3 is 2.60 bits per heavy atom. The molecule has 3 aromatic rings. The zero-order valence-corrected chi connectivity index (χ0v) is 13.2. The van der Waals surface area contributed by atoms with Gasteiger partial charge in [-0.25, -0.2) is 15.0 Å². The maximum atomic E-state index is 4.66. The summed E-state index contributed by atoms with van der Waals surface area (Å²) in [5, 5.41) is 5.33. The summed E-state index contributed by atoms with van der Waals surface area (Å²) in [6, 6.07) is 4.16. The second kappa shape index (κ2) is 6.61. The van der Waals surface area contributed by atoms with Crippen LogP contribution in [0, 0.1) is 0 Å². The first-order valence-corrected chi connectivity index (χ1v) is 7.92. The molecular weight excluding hydrogens is 268 g/mol. The Morgan fingerprint density at radius 2 is 1.90 bits per heavy atom. The summed E-state index contributed by atoms with van der Waals surface area (Å²) in [6.45, 7) is 8.98. The molecule has 106 valence electrons. The first-order valence-electron chi connectivity index (χ1n) is 7.11. The minimum absolute atomic E-state index is 0.670. The lowest BCUT2D eigenvalue weighted by molar-refractivity contribution is 1.10. The predicted octanol–water partition coefficient (Wildman–Crippen LogP) is 4.26. The highest BCUT2D eigenvalue weighted by Gasteiger charge is 2.08. The highest BCUT2D eigenvalue weighted by atomic mass is 32.1. The number of anilines is 1. The molecule has 0 amide bonds. The normalized spacial score (nSPS) is 10.4. The van der Waals surface area contributed by atoms with Crippen LogP contribution in [-0.2, 0) is 6.42 Å². The van der Waals surface area contributed by atoms with E-state index in [0.717, 1.165) is 34.4 Å². The van der Waals surface area contributed by atoms with Crippen molar-refractivity contribution in [3.63, 3.8) is 0 Å². The van der Waals surface area contributed by atoms with E-state index >= 15 is 0 Å². The second-order valence-electron chi connectivity index (χ2n) is 4.04. The molecule has 0 fully saturated rings. The fraction of sp³-hybridized carbons (Fsp3) is 0.400. The van der Waals surface area contributed by atoms with Crippen LogP contribution in [0.25, 0.3) is 21.1 Å². The van der Waals surface area contributed by atoms with Gasteiger partial charge in [-0.1, -0.05) is 20.8 Å². The average Bonchev–Trinajstić information content (AvgIpc) is 2.93. The molecule has 2 aromatic heterocycles. The van der Waals surface area contributed by atoms with Crippen molar-refractivity contribution >= 4 is 38.4 Å². The number of aryl methyl sites for hydroxylation is 1. The summed E-state index contributed by atoms with van der Waals surface area (Å²) >= 11 is 1.74. The van der Waals surface area contributed by atoms with Gasteiger partial charge in [0.2, 0.25) is 5.95 Å². The van der Waals surface area contributed by atoms with Crippen LogP contribution < -0.4 is 5.32 Å². The van der Waals surface area contributed by atoms with E-state index in [2.05, 4.69) is 39.3 Å². The van der Waals surface area contributed by atoms with Crippen molar-refractivity contribution in [1.82, 2.24) is 15.0 Å². The van der Waals surface area contributed by atoms with Crippen LogP contribution in [0.5, 0.6) is 0 Å². The van der Waals surface area contributed by atoms with Gasteiger partial charge in [0.15, 0.2) is 0 Å². The molecule has 1 N–H and O–H groups in total. The Bertz CT molecular complexity index is 705. The maximum absolute atomic E-state index is 4.66. The molecule has 2 heterocycles. The number of nitrogens with zero attached hydrogens (tertiary/aromatic N) is 3. The average molecular weight is 288 g/mol. The van der Waals surface area contributed by atoms with Gasteiger partial charge in [-0.3, -0.25) is 0 Å². The van der Waals surface area contributed by atoms with Gasteiger partial charge in [0.25, 0.3) is 0 Å². The largest absolute Gasteiger partial charge is 0.354 e. The van der Waals surface area contributed by atoms with Crippen LogP contribution in [-0.4, -0.2) is 21.5 Å². The van der Waals surface area contributed by atoms with Crippen molar-refractivity contribution in [2.45, 2.75) is 34.1 Å². The second-order valence-corrected chi connectivity index (χ2v) is 5.15. The molecule has 1 aromatic carbocycles. The molecule has 0 radical (unpaired) electrons. The van der Waals surface area contributed by atoms with Crippen molar-refractivity contribution in [3.05, 3.63) is 23.3 Å². The van der Waals surface area contributed by atoms with Crippen LogP contribution >= 0.6 is 11.3 Å². The van der Waals surface area contributed by atoms with Crippen LogP contribution in [0.15, 0.2) is 18.3 Å². The van der Waals surface area contributed by atoms with Crippen molar-refractivity contribution in [1.29, 1.82) is 0 Å². The van der Waals surface area contributed by atoms with Gasteiger partial charge in [0, 0.05) is 18.1 Å². The summed E-state index contributed by atoms with van der Waals surface area (Å²) in [4.78, 5) is 13.5. The van der Waals surface area contributed by atoms with Gasteiger partial charge in [0.1, 0.15) is 11.0 Å². The van der Waals surface area contributed by atoms with Crippen molar-refractivity contribution in [2.75, 3.05) is 11.9 Å². The Hall–Kier alpha value is -1.75. The van der Waals surface area contributed by atoms with Crippen LogP contribution in [0.3, 0.4) is 0 Å². The molecule has 0 saturated heterocycles. The lowest BCUT2D eigenvalue weighted by atomic mass is 10.2. The number of rotatable bonds is 3. The summed E-state index contributed by atoms with van der Waals surface area (Å²) in [5.41, 5.74) is 1.94. The molecular formula is C15H20N4S. The number of fused-ring (bicyclic) bond motifs is 3. The Labute approximate surface area is 123 Å². The molecule has 5 heteroatoms. The first kappa shape index (κ1) is 14.7. The van der Waals surface area contributed by atoms with E-state index in [4.69, 9.17) is 0 Å². The van der Waals surface area contributed by atoms with Crippen molar-refractivity contribution in [2.24, 2.45) is 0 Å². The van der Waals surface area contributed by atoms with E-state index in [1.807, 2.05) is 27.0 Å². The summed E-state index contributed by atoms with van der Waals surface area (Å²) < 4.78 is 1.19. The predicted molar refractivity (Wildman–Crippen MR) is 87.6 cm³/mol. The van der Waals surface area contributed by atoms with Gasteiger partial charge in [-0.15, -0.1) is 11.3 Å². The Kier molecular flexibility index (Phi) is 4.84. The summed E-state index contributed by atoms with van der Waals surface area (Å²) in [6.07, 6.45) is 2.82. The number of nitrogens with one attached hydrogen (secondary N) is 1. The Morgan fingerprint density at radius 1 is 1.10 bits per heavy atom. The molecule has 0 bridgehead atoms. The molecule has 0 aliphatic carbocycles. The number of thiazole rings is 1. The number of benzene rings is 1. The first-order chi connectivity index (χ1) is 9.81. The zero-order valence-electron chi connectivity index (χ0n) is 12.4. The molecule has 3 rings (SSSR count). The topological polar surface area (TPSA) is 50.7 Å². The van der Waals surface area contributed by atoms with Crippen LogP contribution in [0.4, 0.5) is 5.95 Å². The van der Waals surface area contributed by atoms with Gasteiger partial charge in [-0.05, 0) is 25.5 Å². The lowest BCUT2D eigenvalue weighted by Crippen LogP contribution is -2.01. The lowest BCUT2D eigenvalue weighted by Gasteiger charge is -2.02. The van der Waals surface area contributed by atoms with Gasteiger partial charge in [0.05, 0.1) is 9.71 Å². The van der Waals surface area contributed by atoms with Crippen molar-refractivity contribution in [3.8, 4) is 0 Å². The zero-order chi connectivity index (χ0) is 14.5. The number of hydrogen-bond acceptors (Lipinski definition) is 5. The monoisotopic (exact) mass is 288 g/mol. The fourth-order valence-corrected chi connectivity index (χ4v) is 2.83. The van der Waals surface area contributed by atoms with Crippen LogP contribution in [0.1, 0.15) is 32.7 Å². The highest BCUT2D eigenvalue weighted by Crippen LogP contribution is 2.28. The van der Waals surface area contributed by atoms with E-state index in [1.54, 1.807) is 11.3 Å². The molecule has 0 aliphatic heterocycles. The minimum Gasteiger partial charge on any atom is -0.354 e. The van der Waals surface area contributed by atoms with E-state index in [1.165, 1.54) is 4.70 Å². The number of hydrogen-bond donors (Lipinski definition) is 1. The van der Waals surface area contributed by atoms with Crippen LogP contribution in [0.2, 0.25) is 0 Å². The molecule has 0 atom stereocenters. The molecule has 0 aliphatic rings. The molecule has 4 nitrogen and oxygen atoms in total. The van der Waals surface area contributed by atoms with E-state index < -0.39 is 0 Å². The third-order valence-corrected chi connectivity index (χ3v) is 3.96. The molecule has 0 spiro atoms. The molecule has 0 saturated carbocycles. The minimum atomic E-state index is 0.670. The smallest absolute Gasteiger partial charge is 0.223 e. The third kappa shape index (κ3) is 2.72. The van der Waals surface area contributed by atoms with Crippen molar-refractivity contribution < 1.29 is 0 Å².